The minimum atomic E-state index is -0.268. The van der Waals surface area contributed by atoms with Crippen molar-refractivity contribution in [2.75, 3.05) is 11.9 Å². The van der Waals surface area contributed by atoms with Gasteiger partial charge in [-0.25, -0.2) is 9.50 Å². The predicted octanol–water partition coefficient (Wildman–Crippen LogP) is 2.86. The van der Waals surface area contributed by atoms with E-state index in [9.17, 15) is 4.79 Å². The van der Waals surface area contributed by atoms with E-state index in [-0.39, 0.29) is 11.7 Å². The summed E-state index contributed by atoms with van der Waals surface area (Å²) in [5.74, 6) is 0.285. The molecule has 24 heavy (non-hydrogen) atoms. The Morgan fingerprint density at radius 1 is 1.08 bits per heavy atom. The van der Waals surface area contributed by atoms with Crippen LogP contribution >= 0.6 is 0 Å². The maximum atomic E-state index is 12.7. The third kappa shape index (κ3) is 2.28. The average molecular weight is 317 g/mol. The highest BCUT2D eigenvalue weighted by Gasteiger charge is 2.19. The van der Waals surface area contributed by atoms with Gasteiger partial charge in [-0.1, -0.05) is 30.3 Å². The quantitative estimate of drug-likeness (QED) is 0.570. The first-order chi connectivity index (χ1) is 11.6. The van der Waals surface area contributed by atoms with Crippen molar-refractivity contribution >= 4 is 28.1 Å². The molecular weight excluding hydrogens is 302 g/mol. The summed E-state index contributed by atoms with van der Waals surface area (Å²) < 4.78 is 1.57. The molecule has 0 fully saturated rings. The highest BCUT2D eigenvalue weighted by Crippen LogP contribution is 2.22. The third-order valence-electron chi connectivity index (χ3n) is 4.05. The molecule has 6 heteroatoms. The second-order valence-corrected chi connectivity index (χ2v) is 5.63. The molecule has 0 spiro atoms. The standard InChI is InChI=1S/C18H15N5O/c1-12-9-10-19-18-20-16(21-23(12)18)17(24)22(2)15-8-7-13-5-3-4-6-14(13)11-15/h3-11H,1-2H3. The molecule has 0 aliphatic carbocycles. The molecule has 0 saturated heterocycles. The van der Waals surface area contributed by atoms with Crippen LogP contribution in [0.2, 0.25) is 0 Å². The van der Waals surface area contributed by atoms with Crippen LogP contribution in [-0.4, -0.2) is 32.5 Å². The number of hydrogen-bond donors (Lipinski definition) is 0. The van der Waals surface area contributed by atoms with Crippen molar-refractivity contribution in [2.24, 2.45) is 0 Å². The van der Waals surface area contributed by atoms with Gasteiger partial charge in [0.15, 0.2) is 0 Å². The second kappa shape index (κ2) is 5.42. The first-order valence-electron chi connectivity index (χ1n) is 7.59. The van der Waals surface area contributed by atoms with E-state index in [0.29, 0.717) is 5.78 Å². The van der Waals surface area contributed by atoms with Gasteiger partial charge in [0.05, 0.1) is 0 Å². The summed E-state index contributed by atoms with van der Waals surface area (Å²) in [7, 11) is 1.72. The highest BCUT2D eigenvalue weighted by atomic mass is 16.2. The molecule has 4 rings (SSSR count). The zero-order valence-corrected chi connectivity index (χ0v) is 13.3. The van der Waals surface area contributed by atoms with E-state index in [1.165, 1.54) is 0 Å². The Labute approximate surface area is 138 Å². The second-order valence-electron chi connectivity index (χ2n) is 5.63. The van der Waals surface area contributed by atoms with Crippen LogP contribution in [-0.2, 0) is 0 Å². The van der Waals surface area contributed by atoms with Gasteiger partial charge in [0, 0.05) is 24.6 Å². The Balaban J connectivity index is 1.72. The normalized spacial score (nSPS) is 11.1. The van der Waals surface area contributed by atoms with Crippen LogP contribution in [0.5, 0.6) is 0 Å². The zero-order valence-electron chi connectivity index (χ0n) is 13.3. The Morgan fingerprint density at radius 3 is 2.67 bits per heavy atom. The molecule has 2 heterocycles. The number of aromatic nitrogens is 4. The Bertz CT molecular complexity index is 1070. The van der Waals surface area contributed by atoms with Gasteiger partial charge in [-0.2, -0.15) is 4.98 Å². The Kier molecular flexibility index (Phi) is 3.23. The lowest BCUT2D eigenvalue weighted by molar-refractivity contribution is 0.0983. The maximum Gasteiger partial charge on any atom is 0.297 e. The lowest BCUT2D eigenvalue weighted by Crippen LogP contribution is -2.27. The van der Waals surface area contributed by atoms with Crippen molar-refractivity contribution in [1.29, 1.82) is 0 Å². The predicted molar refractivity (Wildman–Crippen MR) is 92.2 cm³/mol. The number of nitrogens with zero attached hydrogens (tertiary/aromatic N) is 5. The summed E-state index contributed by atoms with van der Waals surface area (Å²) in [5.41, 5.74) is 1.67. The molecule has 0 atom stereocenters. The molecule has 4 aromatic rings. The lowest BCUT2D eigenvalue weighted by atomic mass is 10.1. The summed E-state index contributed by atoms with van der Waals surface area (Å²) in [6.07, 6.45) is 1.65. The number of anilines is 1. The van der Waals surface area contributed by atoms with E-state index in [0.717, 1.165) is 22.2 Å². The number of carbonyl (C=O) groups excluding carboxylic acids is 1. The van der Waals surface area contributed by atoms with Crippen LogP contribution in [0.4, 0.5) is 5.69 Å². The Hall–Kier alpha value is -3.28. The largest absolute Gasteiger partial charge is 0.309 e. The number of carbonyl (C=O) groups is 1. The van der Waals surface area contributed by atoms with E-state index < -0.39 is 0 Å². The van der Waals surface area contributed by atoms with Crippen molar-refractivity contribution < 1.29 is 4.79 Å². The molecule has 0 aliphatic heterocycles. The minimum absolute atomic E-state index is 0.132. The van der Waals surface area contributed by atoms with Crippen molar-refractivity contribution in [1.82, 2.24) is 19.6 Å². The van der Waals surface area contributed by atoms with Gasteiger partial charge in [-0.15, -0.1) is 5.10 Å². The molecule has 1 amide bonds. The maximum absolute atomic E-state index is 12.7. The summed E-state index contributed by atoms with van der Waals surface area (Å²) in [5, 5.41) is 6.48. The fourth-order valence-electron chi connectivity index (χ4n) is 2.65. The SMILES string of the molecule is Cc1ccnc2nc(C(=O)N(C)c3ccc4ccccc4c3)nn12. The summed E-state index contributed by atoms with van der Waals surface area (Å²) >= 11 is 0. The molecule has 2 aromatic heterocycles. The van der Waals surface area contributed by atoms with Gasteiger partial charge in [0.2, 0.25) is 5.82 Å². The number of rotatable bonds is 2. The smallest absolute Gasteiger partial charge is 0.297 e. The molecule has 0 saturated carbocycles. The number of benzene rings is 2. The zero-order chi connectivity index (χ0) is 16.7. The highest BCUT2D eigenvalue weighted by molar-refractivity contribution is 6.04. The van der Waals surface area contributed by atoms with E-state index in [2.05, 4.69) is 15.1 Å². The van der Waals surface area contributed by atoms with E-state index in [4.69, 9.17) is 0 Å². The van der Waals surface area contributed by atoms with Crippen LogP contribution < -0.4 is 4.90 Å². The molecule has 0 bridgehead atoms. The number of hydrogen-bond acceptors (Lipinski definition) is 4. The summed E-state index contributed by atoms with van der Waals surface area (Å²) in [4.78, 5) is 22.6. The lowest BCUT2D eigenvalue weighted by Gasteiger charge is -2.16. The molecule has 0 N–H and O–H groups in total. The molecule has 0 aliphatic rings. The molecule has 2 aromatic carbocycles. The van der Waals surface area contributed by atoms with Crippen LogP contribution in [0, 0.1) is 6.92 Å². The molecule has 0 radical (unpaired) electrons. The van der Waals surface area contributed by atoms with Gasteiger partial charge < -0.3 is 4.90 Å². The fourth-order valence-corrected chi connectivity index (χ4v) is 2.65. The van der Waals surface area contributed by atoms with E-state index in [1.807, 2.05) is 55.5 Å². The van der Waals surface area contributed by atoms with E-state index >= 15 is 0 Å². The van der Waals surface area contributed by atoms with Crippen LogP contribution in [0.3, 0.4) is 0 Å². The first kappa shape index (κ1) is 14.3. The first-order valence-corrected chi connectivity index (χ1v) is 7.59. The number of fused-ring (bicyclic) bond motifs is 2. The average Bonchev–Trinajstić information content (AvgIpc) is 3.06. The monoisotopic (exact) mass is 317 g/mol. The van der Waals surface area contributed by atoms with Gasteiger partial charge in [0.1, 0.15) is 0 Å². The summed E-state index contributed by atoms with van der Waals surface area (Å²) in [6, 6.07) is 15.7. The van der Waals surface area contributed by atoms with Crippen molar-refractivity contribution in [3.05, 3.63) is 66.2 Å². The van der Waals surface area contributed by atoms with Crippen LogP contribution in [0.25, 0.3) is 16.6 Å². The van der Waals surface area contributed by atoms with Crippen LogP contribution in [0.15, 0.2) is 54.7 Å². The van der Waals surface area contributed by atoms with Gasteiger partial charge in [-0.05, 0) is 35.9 Å². The topological polar surface area (TPSA) is 63.4 Å². The van der Waals surface area contributed by atoms with Gasteiger partial charge in [-0.3, -0.25) is 4.79 Å². The van der Waals surface area contributed by atoms with Crippen molar-refractivity contribution in [3.8, 4) is 0 Å². The number of amides is 1. The third-order valence-corrected chi connectivity index (χ3v) is 4.05. The van der Waals surface area contributed by atoms with Crippen molar-refractivity contribution in [3.63, 3.8) is 0 Å². The van der Waals surface area contributed by atoms with Gasteiger partial charge in [0.25, 0.3) is 11.7 Å². The van der Waals surface area contributed by atoms with Crippen molar-refractivity contribution in [2.45, 2.75) is 6.92 Å². The molecular formula is C18H15N5O. The van der Waals surface area contributed by atoms with Gasteiger partial charge >= 0.3 is 0 Å². The molecule has 118 valence electrons. The van der Waals surface area contributed by atoms with Crippen LogP contribution in [0.1, 0.15) is 16.3 Å². The summed E-state index contributed by atoms with van der Waals surface area (Å²) in [6.45, 7) is 1.89. The molecule has 0 unspecified atom stereocenters. The molecule has 6 nitrogen and oxygen atoms in total. The fraction of sp³-hybridized carbons (Fsp3) is 0.111. The van der Waals surface area contributed by atoms with E-state index in [1.54, 1.807) is 22.7 Å². The Morgan fingerprint density at radius 2 is 1.88 bits per heavy atom. The minimum Gasteiger partial charge on any atom is -0.309 e. The number of aryl methyl sites for hydroxylation is 1.